The molecule has 0 aliphatic heterocycles. The lowest BCUT2D eigenvalue weighted by molar-refractivity contribution is -0.137. The van der Waals surface area contributed by atoms with Crippen LogP contribution in [0.25, 0.3) is 5.69 Å². The van der Waals surface area contributed by atoms with E-state index in [1.54, 1.807) is 0 Å². The molecular formula is C11H8F3N3O. The van der Waals surface area contributed by atoms with Gasteiger partial charge in [-0.15, -0.1) is 5.10 Å². The van der Waals surface area contributed by atoms with Crippen LogP contribution in [0, 0.1) is 0 Å². The van der Waals surface area contributed by atoms with Gasteiger partial charge in [-0.2, -0.15) is 13.2 Å². The summed E-state index contributed by atoms with van der Waals surface area (Å²) in [5.74, 6) is -0.322. The quantitative estimate of drug-likeness (QED) is 0.774. The van der Waals surface area contributed by atoms with Gasteiger partial charge >= 0.3 is 6.18 Å². The zero-order valence-electron chi connectivity index (χ0n) is 9.27. The van der Waals surface area contributed by atoms with Gasteiger partial charge in [0.1, 0.15) is 5.69 Å². The van der Waals surface area contributed by atoms with E-state index in [0.717, 1.165) is 16.8 Å². The topological polar surface area (TPSA) is 47.8 Å². The fraction of sp³-hybridized carbons (Fsp3) is 0.182. The number of halogens is 3. The Hall–Kier alpha value is -2.18. The molecule has 2 aromatic rings. The molecule has 0 saturated carbocycles. The number of aromatic nitrogens is 3. The van der Waals surface area contributed by atoms with E-state index in [1.807, 2.05) is 0 Å². The Balaban J connectivity index is 2.52. The van der Waals surface area contributed by atoms with Gasteiger partial charge in [-0.1, -0.05) is 11.3 Å². The monoisotopic (exact) mass is 255 g/mol. The molecule has 0 saturated heterocycles. The number of benzene rings is 1. The molecule has 4 nitrogen and oxygen atoms in total. The molecule has 0 aliphatic rings. The summed E-state index contributed by atoms with van der Waals surface area (Å²) in [5.41, 5.74) is -0.521. The minimum atomic E-state index is -4.44. The van der Waals surface area contributed by atoms with E-state index in [-0.39, 0.29) is 17.2 Å². The second kappa shape index (κ2) is 4.25. The Morgan fingerprint density at radius 2 is 2.06 bits per heavy atom. The van der Waals surface area contributed by atoms with Crippen LogP contribution < -0.4 is 0 Å². The molecule has 0 N–H and O–H groups in total. The number of rotatable bonds is 2. The zero-order chi connectivity index (χ0) is 13.3. The molecule has 7 heteroatoms. The summed E-state index contributed by atoms with van der Waals surface area (Å²) in [6.45, 7) is 1.29. The van der Waals surface area contributed by atoms with Crippen LogP contribution in [0.3, 0.4) is 0 Å². The normalized spacial score (nSPS) is 11.6. The van der Waals surface area contributed by atoms with Crippen LogP contribution in [0.1, 0.15) is 23.0 Å². The molecule has 1 aromatic carbocycles. The standard InChI is InChI=1S/C11H8F3N3O/c1-7(18)10-6-15-16-17(10)9-4-2-3-8(5-9)11(12,13)14/h2-6H,1H3. The summed E-state index contributed by atoms with van der Waals surface area (Å²) in [6.07, 6.45) is -3.23. The minimum Gasteiger partial charge on any atom is -0.293 e. The van der Waals surface area contributed by atoms with Crippen LogP contribution in [0.15, 0.2) is 30.5 Å². The Labute approximate surface area is 100 Å². The van der Waals surface area contributed by atoms with Crippen LogP contribution in [0.4, 0.5) is 13.2 Å². The highest BCUT2D eigenvalue weighted by Crippen LogP contribution is 2.30. The van der Waals surface area contributed by atoms with E-state index in [0.29, 0.717) is 0 Å². The third kappa shape index (κ3) is 2.24. The lowest BCUT2D eigenvalue weighted by Crippen LogP contribution is -2.09. The molecule has 0 spiro atoms. The molecule has 0 amide bonds. The van der Waals surface area contributed by atoms with E-state index >= 15 is 0 Å². The highest BCUT2D eigenvalue weighted by molar-refractivity contribution is 5.92. The van der Waals surface area contributed by atoms with Crippen molar-refractivity contribution in [2.45, 2.75) is 13.1 Å². The fourth-order valence-electron chi connectivity index (χ4n) is 1.48. The maximum Gasteiger partial charge on any atom is 0.416 e. The third-order valence-electron chi connectivity index (χ3n) is 2.33. The average molecular weight is 255 g/mol. The molecule has 2 rings (SSSR count). The Bertz CT molecular complexity index is 589. The van der Waals surface area contributed by atoms with Gasteiger partial charge in [-0.05, 0) is 18.2 Å². The van der Waals surface area contributed by atoms with E-state index in [4.69, 9.17) is 0 Å². The Morgan fingerprint density at radius 3 is 2.67 bits per heavy atom. The number of carbonyl (C=O) groups excluding carboxylic acids is 1. The predicted molar refractivity (Wildman–Crippen MR) is 56.4 cm³/mol. The average Bonchev–Trinajstić information content (AvgIpc) is 2.77. The number of ketones is 1. The van der Waals surface area contributed by atoms with Crippen molar-refractivity contribution in [2.24, 2.45) is 0 Å². The van der Waals surface area contributed by atoms with E-state index in [2.05, 4.69) is 10.3 Å². The molecule has 0 aliphatic carbocycles. The number of hydrogen-bond donors (Lipinski definition) is 0. The summed E-state index contributed by atoms with van der Waals surface area (Å²) in [7, 11) is 0. The van der Waals surface area contributed by atoms with Gasteiger partial charge in [-0.25, -0.2) is 4.68 Å². The maximum atomic E-state index is 12.6. The SMILES string of the molecule is CC(=O)c1cnnn1-c1cccc(C(F)(F)F)c1. The van der Waals surface area contributed by atoms with Crippen LogP contribution in [-0.4, -0.2) is 20.8 Å². The molecule has 0 unspecified atom stereocenters. The molecule has 0 radical (unpaired) electrons. The second-order valence-corrected chi connectivity index (χ2v) is 3.64. The molecule has 0 fully saturated rings. The second-order valence-electron chi connectivity index (χ2n) is 3.64. The molecule has 1 heterocycles. The van der Waals surface area contributed by atoms with Gasteiger partial charge < -0.3 is 0 Å². The molecule has 0 atom stereocenters. The van der Waals surface area contributed by atoms with Gasteiger partial charge in [0, 0.05) is 6.92 Å². The van der Waals surface area contributed by atoms with E-state index in [9.17, 15) is 18.0 Å². The molecular weight excluding hydrogens is 247 g/mol. The molecule has 1 aromatic heterocycles. The van der Waals surface area contributed by atoms with E-state index < -0.39 is 11.7 Å². The van der Waals surface area contributed by atoms with Crippen LogP contribution in [0.5, 0.6) is 0 Å². The van der Waals surface area contributed by atoms with Gasteiger partial charge in [-0.3, -0.25) is 4.79 Å². The van der Waals surface area contributed by atoms with Crippen molar-refractivity contribution in [1.29, 1.82) is 0 Å². The largest absolute Gasteiger partial charge is 0.416 e. The van der Waals surface area contributed by atoms with E-state index in [1.165, 1.54) is 25.3 Å². The lowest BCUT2D eigenvalue weighted by Gasteiger charge is -2.09. The lowest BCUT2D eigenvalue weighted by atomic mass is 10.2. The number of nitrogens with zero attached hydrogens (tertiary/aromatic N) is 3. The van der Waals surface area contributed by atoms with Crippen molar-refractivity contribution in [3.05, 3.63) is 41.7 Å². The molecule has 0 bridgehead atoms. The Kier molecular flexibility index (Phi) is 2.90. The van der Waals surface area contributed by atoms with Crippen molar-refractivity contribution in [3.63, 3.8) is 0 Å². The maximum absolute atomic E-state index is 12.6. The summed E-state index contributed by atoms with van der Waals surface area (Å²) in [6, 6.07) is 4.55. The van der Waals surface area contributed by atoms with Gasteiger partial charge in [0.05, 0.1) is 17.4 Å². The third-order valence-corrected chi connectivity index (χ3v) is 2.33. The van der Waals surface area contributed by atoms with Crippen molar-refractivity contribution < 1.29 is 18.0 Å². The van der Waals surface area contributed by atoms with Crippen LogP contribution in [-0.2, 0) is 6.18 Å². The van der Waals surface area contributed by atoms with Crippen LogP contribution >= 0.6 is 0 Å². The summed E-state index contributed by atoms with van der Waals surface area (Å²) in [4.78, 5) is 11.3. The number of carbonyl (C=O) groups is 1. The summed E-state index contributed by atoms with van der Waals surface area (Å²) >= 11 is 0. The van der Waals surface area contributed by atoms with Crippen LogP contribution in [0.2, 0.25) is 0 Å². The van der Waals surface area contributed by atoms with Gasteiger partial charge in [0.15, 0.2) is 5.78 Å². The minimum absolute atomic E-state index is 0.134. The molecule has 18 heavy (non-hydrogen) atoms. The zero-order valence-corrected chi connectivity index (χ0v) is 9.27. The first-order valence-electron chi connectivity index (χ1n) is 4.99. The highest BCUT2D eigenvalue weighted by atomic mass is 19.4. The highest BCUT2D eigenvalue weighted by Gasteiger charge is 2.30. The van der Waals surface area contributed by atoms with Crippen molar-refractivity contribution >= 4 is 5.78 Å². The van der Waals surface area contributed by atoms with Crippen molar-refractivity contribution in [2.75, 3.05) is 0 Å². The van der Waals surface area contributed by atoms with Gasteiger partial charge in [0.25, 0.3) is 0 Å². The molecule has 94 valence electrons. The summed E-state index contributed by atoms with van der Waals surface area (Å²) in [5, 5.41) is 7.13. The number of alkyl halides is 3. The first-order valence-corrected chi connectivity index (χ1v) is 4.99. The first kappa shape index (κ1) is 12.3. The smallest absolute Gasteiger partial charge is 0.293 e. The predicted octanol–water partition coefficient (Wildman–Crippen LogP) is 2.49. The first-order chi connectivity index (χ1) is 8.39. The number of hydrogen-bond acceptors (Lipinski definition) is 3. The van der Waals surface area contributed by atoms with Gasteiger partial charge in [0.2, 0.25) is 0 Å². The summed E-state index contributed by atoms with van der Waals surface area (Å²) < 4.78 is 38.8. The van der Waals surface area contributed by atoms with Crippen molar-refractivity contribution in [3.8, 4) is 5.69 Å². The number of Topliss-reactive ketones (excluding diaryl/α,β-unsaturated/α-hetero) is 1. The fourth-order valence-corrected chi connectivity index (χ4v) is 1.48. The Morgan fingerprint density at radius 1 is 1.33 bits per heavy atom. The van der Waals surface area contributed by atoms with Crippen molar-refractivity contribution in [1.82, 2.24) is 15.0 Å².